The second kappa shape index (κ2) is 7.58. The van der Waals surface area contributed by atoms with E-state index in [2.05, 4.69) is 23.7 Å². The molecule has 88 valence electrons. The van der Waals surface area contributed by atoms with Gasteiger partial charge in [0.1, 0.15) is 0 Å². The highest BCUT2D eigenvalue weighted by Crippen LogP contribution is 2.19. The minimum absolute atomic E-state index is 0.0247. The number of benzene rings is 1. The Hall–Kier alpha value is -0.670. The number of halogens is 1. The Morgan fingerprint density at radius 3 is 2.88 bits per heavy atom. The number of rotatable bonds is 6. The summed E-state index contributed by atoms with van der Waals surface area (Å²) in [6.07, 6.45) is 3.32. The maximum Gasteiger partial charge on any atom is 0.221 e. The molecular weight excluding hydrogens is 242 g/mol. The average molecular weight is 258 g/mol. The SMILES string of the molecule is CSc1ccccc1CCNC(=O)CCCl. The molecule has 2 nitrogen and oxygen atoms in total. The number of thioether (sulfide) groups is 1. The molecular formula is C12H16ClNOS. The van der Waals surface area contributed by atoms with Gasteiger partial charge in [0.15, 0.2) is 0 Å². The van der Waals surface area contributed by atoms with Crippen LogP contribution in [0.5, 0.6) is 0 Å². The predicted molar refractivity (Wildman–Crippen MR) is 70.3 cm³/mol. The van der Waals surface area contributed by atoms with Crippen molar-refractivity contribution >= 4 is 29.3 Å². The summed E-state index contributed by atoms with van der Waals surface area (Å²) in [5.41, 5.74) is 1.28. The minimum atomic E-state index is 0.0247. The molecule has 0 unspecified atom stereocenters. The van der Waals surface area contributed by atoms with Crippen LogP contribution in [0.15, 0.2) is 29.2 Å². The lowest BCUT2D eigenvalue weighted by atomic mass is 10.1. The van der Waals surface area contributed by atoms with Crippen LogP contribution in [0, 0.1) is 0 Å². The van der Waals surface area contributed by atoms with Gasteiger partial charge in [-0.3, -0.25) is 4.79 Å². The fourth-order valence-corrected chi connectivity index (χ4v) is 2.24. The van der Waals surface area contributed by atoms with Crippen LogP contribution >= 0.6 is 23.4 Å². The van der Waals surface area contributed by atoms with Crippen molar-refractivity contribution in [1.29, 1.82) is 0 Å². The molecule has 0 radical (unpaired) electrons. The summed E-state index contributed by atoms with van der Waals surface area (Å²) >= 11 is 7.21. The molecule has 0 fully saturated rings. The molecule has 0 saturated heterocycles. The maximum absolute atomic E-state index is 11.2. The highest BCUT2D eigenvalue weighted by molar-refractivity contribution is 7.98. The van der Waals surface area contributed by atoms with Crippen molar-refractivity contribution in [2.24, 2.45) is 0 Å². The molecule has 1 aromatic carbocycles. The lowest BCUT2D eigenvalue weighted by Gasteiger charge is -2.07. The molecule has 1 rings (SSSR count). The topological polar surface area (TPSA) is 29.1 Å². The molecule has 1 amide bonds. The number of amides is 1. The number of carbonyl (C=O) groups is 1. The molecule has 0 aliphatic heterocycles. The quantitative estimate of drug-likeness (QED) is 0.627. The van der Waals surface area contributed by atoms with Crippen LogP contribution in [-0.4, -0.2) is 24.6 Å². The average Bonchev–Trinajstić information content (AvgIpc) is 2.30. The Bertz CT molecular complexity index is 344. The summed E-state index contributed by atoms with van der Waals surface area (Å²) < 4.78 is 0. The predicted octanol–water partition coefficient (Wildman–Crippen LogP) is 2.70. The largest absolute Gasteiger partial charge is 0.356 e. The van der Waals surface area contributed by atoms with E-state index < -0.39 is 0 Å². The second-order valence-electron chi connectivity index (χ2n) is 3.35. The van der Waals surface area contributed by atoms with E-state index in [1.54, 1.807) is 11.8 Å². The normalized spacial score (nSPS) is 10.1. The van der Waals surface area contributed by atoms with Crippen molar-refractivity contribution in [2.45, 2.75) is 17.7 Å². The summed E-state index contributed by atoms with van der Waals surface area (Å²) in [5, 5.41) is 2.85. The number of alkyl halides is 1. The first kappa shape index (κ1) is 13.4. The van der Waals surface area contributed by atoms with Gasteiger partial charge < -0.3 is 5.32 Å². The van der Waals surface area contributed by atoms with Crippen molar-refractivity contribution in [3.05, 3.63) is 29.8 Å². The van der Waals surface area contributed by atoms with Crippen LogP contribution in [0.1, 0.15) is 12.0 Å². The fourth-order valence-electron chi connectivity index (χ4n) is 1.42. The monoisotopic (exact) mass is 257 g/mol. The molecule has 1 N–H and O–H groups in total. The highest BCUT2D eigenvalue weighted by atomic mass is 35.5. The van der Waals surface area contributed by atoms with E-state index in [1.165, 1.54) is 10.5 Å². The van der Waals surface area contributed by atoms with E-state index in [-0.39, 0.29) is 5.91 Å². The van der Waals surface area contributed by atoms with Crippen molar-refractivity contribution in [2.75, 3.05) is 18.7 Å². The summed E-state index contributed by atoms with van der Waals surface area (Å²) in [7, 11) is 0. The summed E-state index contributed by atoms with van der Waals surface area (Å²) in [6.45, 7) is 0.674. The van der Waals surface area contributed by atoms with Gasteiger partial charge in [-0.05, 0) is 24.3 Å². The van der Waals surface area contributed by atoms with Gasteiger partial charge in [0.2, 0.25) is 5.91 Å². The zero-order valence-electron chi connectivity index (χ0n) is 9.33. The minimum Gasteiger partial charge on any atom is -0.356 e. The van der Waals surface area contributed by atoms with Gasteiger partial charge in [-0.1, -0.05) is 18.2 Å². The summed E-state index contributed by atoms with van der Waals surface area (Å²) in [6, 6.07) is 8.25. The van der Waals surface area contributed by atoms with E-state index in [4.69, 9.17) is 11.6 Å². The smallest absolute Gasteiger partial charge is 0.221 e. The zero-order valence-corrected chi connectivity index (χ0v) is 10.9. The first-order valence-electron chi connectivity index (χ1n) is 5.22. The third-order valence-electron chi connectivity index (χ3n) is 2.23. The first-order chi connectivity index (χ1) is 7.77. The lowest BCUT2D eigenvalue weighted by molar-refractivity contribution is -0.120. The van der Waals surface area contributed by atoms with Crippen LogP contribution in [-0.2, 0) is 11.2 Å². The van der Waals surface area contributed by atoms with Crippen molar-refractivity contribution in [3.63, 3.8) is 0 Å². The number of nitrogens with one attached hydrogen (secondary N) is 1. The molecule has 0 aromatic heterocycles. The van der Waals surface area contributed by atoms with Crippen LogP contribution in [0.25, 0.3) is 0 Å². The summed E-state index contributed by atoms with van der Waals surface area (Å²) in [4.78, 5) is 12.5. The standard InChI is InChI=1S/C12H16ClNOS/c1-16-11-5-3-2-4-10(11)7-9-14-12(15)6-8-13/h2-5H,6-9H2,1H3,(H,14,15). The van der Waals surface area contributed by atoms with Crippen molar-refractivity contribution in [1.82, 2.24) is 5.32 Å². The van der Waals surface area contributed by atoms with Gasteiger partial charge in [0.05, 0.1) is 0 Å². The van der Waals surface area contributed by atoms with E-state index in [0.29, 0.717) is 18.8 Å². The van der Waals surface area contributed by atoms with Crippen molar-refractivity contribution in [3.8, 4) is 0 Å². The lowest BCUT2D eigenvalue weighted by Crippen LogP contribution is -2.25. The molecule has 0 atom stereocenters. The maximum atomic E-state index is 11.2. The van der Waals surface area contributed by atoms with Gasteiger partial charge in [-0.15, -0.1) is 23.4 Å². The van der Waals surface area contributed by atoms with Gasteiger partial charge in [0.25, 0.3) is 0 Å². The number of hydrogen-bond acceptors (Lipinski definition) is 2. The Kier molecular flexibility index (Phi) is 6.34. The zero-order chi connectivity index (χ0) is 11.8. The van der Waals surface area contributed by atoms with Crippen molar-refractivity contribution < 1.29 is 4.79 Å². The molecule has 1 aromatic rings. The van der Waals surface area contributed by atoms with E-state index >= 15 is 0 Å². The highest BCUT2D eigenvalue weighted by Gasteiger charge is 2.02. The second-order valence-corrected chi connectivity index (χ2v) is 4.58. The van der Waals surface area contributed by atoms with Crippen LogP contribution in [0.3, 0.4) is 0 Å². The number of carbonyl (C=O) groups excluding carboxylic acids is 1. The molecule has 0 aliphatic rings. The fraction of sp³-hybridized carbons (Fsp3) is 0.417. The molecule has 4 heteroatoms. The molecule has 16 heavy (non-hydrogen) atoms. The molecule has 0 saturated carbocycles. The molecule has 0 bridgehead atoms. The van der Waals surface area contributed by atoms with E-state index in [1.807, 2.05) is 12.1 Å². The number of hydrogen-bond donors (Lipinski definition) is 1. The van der Waals surface area contributed by atoms with E-state index in [0.717, 1.165) is 6.42 Å². The molecule has 0 aliphatic carbocycles. The van der Waals surface area contributed by atoms with Gasteiger partial charge in [-0.25, -0.2) is 0 Å². The summed E-state index contributed by atoms with van der Waals surface area (Å²) in [5.74, 6) is 0.407. The molecule has 0 spiro atoms. The van der Waals surface area contributed by atoms with E-state index in [9.17, 15) is 4.79 Å². The Morgan fingerprint density at radius 1 is 1.44 bits per heavy atom. The van der Waals surface area contributed by atoms with Gasteiger partial charge in [0, 0.05) is 23.7 Å². The van der Waals surface area contributed by atoms with Gasteiger partial charge >= 0.3 is 0 Å². The Labute approximate surface area is 106 Å². The first-order valence-corrected chi connectivity index (χ1v) is 6.98. The van der Waals surface area contributed by atoms with Crippen LogP contribution in [0.2, 0.25) is 0 Å². The van der Waals surface area contributed by atoms with Crippen LogP contribution < -0.4 is 5.32 Å². The van der Waals surface area contributed by atoms with Gasteiger partial charge in [-0.2, -0.15) is 0 Å². The third-order valence-corrected chi connectivity index (χ3v) is 3.26. The third kappa shape index (κ3) is 4.45. The Balaban J connectivity index is 2.39. The Morgan fingerprint density at radius 2 is 2.19 bits per heavy atom. The molecule has 0 heterocycles. The van der Waals surface area contributed by atoms with Crippen LogP contribution in [0.4, 0.5) is 0 Å².